The molecule has 1 aromatic carbocycles. The van der Waals surface area contributed by atoms with Crippen LogP contribution in [0.25, 0.3) is 5.69 Å². The molecule has 0 bridgehead atoms. The zero-order chi connectivity index (χ0) is 19.1. The average Bonchev–Trinajstić information content (AvgIpc) is 3.23. The van der Waals surface area contributed by atoms with Gasteiger partial charge >= 0.3 is 0 Å². The molecule has 0 spiro atoms. The van der Waals surface area contributed by atoms with Crippen molar-refractivity contribution in [3.05, 3.63) is 64.7 Å². The smallest absolute Gasteiger partial charge is 0.227 e. The van der Waals surface area contributed by atoms with Crippen LogP contribution in [0.5, 0.6) is 0 Å². The summed E-state index contributed by atoms with van der Waals surface area (Å²) >= 11 is 5.80. The van der Waals surface area contributed by atoms with Gasteiger partial charge in [-0.15, -0.1) is 0 Å². The van der Waals surface area contributed by atoms with Gasteiger partial charge in [0.25, 0.3) is 0 Å². The predicted molar refractivity (Wildman–Crippen MR) is 94.4 cm³/mol. The number of hydrogen-bond donors (Lipinski definition) is 0. The molecule has 1 amide bonds. The van der Waals surface area contributed by atoms with E-state index in [1.54, 1.807) is 21.8 Å². The van der Waals surface area contributed by atoms with Gasteiger partial charge in [0.1, 0.15) is 11.5 Å². The lowest BCUT2D eigenvalue weighted by Crippen LogP contribution is -2.45. The molecule has 3 heterocycles. The van der Waals surface area contributed by atoms with Crippen molar-refractivity contribution in [3.63, 3.8) is 0 Å². The number of carbonyl (C=O) groups excluding carboxylic acids is 1. The number of carbonyl (C=O) groups is 1. The second kappa shape index (κ2) is 6.77. The predicted octanol–water partition coefficient (Wildman–Crippen LogP) is 2.97. The summed E-state index contributed by atoms with van der Waals surface area (Å²) in [5.74, 6) is -1.06. The van der Waals surface area contributed by atoms with Crippen molar-refractivity contribution < 1.29 is 13.6 Å². The van der Waals surface area contributed by atoms with Crippen LogP contribution in [0.15, 0.2) is 36.8 Å². The Balaban J connectivity index is 1.58. The second-order valence-corrected chi connectivity index (χ2v) is 6.96. The molecule has 0 saturated heterocycles. The topological polar surface area (TPSA) is 56.0 Å². The molecule has 0 fully saturated rings. The van der Waals surface area contributed by atoms with Gasteiger partial charge in [0, 0.05) is 6.04 Å². The Hall–Kier alpha value is -2.74. The van der Waals surface area contributed by atoms with Crippen molar-refractivity contribution in [2.75, 3.05) is 0 Å². The molecule has 0 radical (unpaired) electrons. The standard InChI is InChI=1S/C18H16ClF2N5O/c1-11-8-25-17(16(7-23-25)26-9-13(20)6-22-26)10-24(11)18(27)5-12-2-3-15(21)14(19)4-12/h2-4,6-7,9,11H,5,8,10H2,1H3. The lowest BCUT2D eigenvalue weighted by molar-refractivity contribution is -0.134. The highest BCUT2D eigenvalue weighted by atomic mass is 35.5. The van der Waals surface area contributed by atoms with Crippen LogP contribution < -0.4 is 0 Å². The third kappa shape index (κ3) is 3.32. The third-order valence-electron chi connectivity index (χ3n) is 4.67. The molecular formula is C18H16ClF2N5O. The summed E-state index contributed by atoms with van der Waals surface area (Å²) in [6.07, 6.45) is 4.12. The molecule has 0 N–H and O–H groups in total. The summed E-state index contributed by atoms with van der Waals surface area (Å²) in [4.78, 5) is 14.6. The normalized spacial score (nSPS) is 16.4. The highest BCUT2D eigenvalue weighted by Gasteiger charge is 2.30. The molecule has 6 nitrogen and oxygen atoms in total. The fourth-order valence-electron chi connectivity index (χ4n) is 3.27. The van der Waals surface area contributed by atoms with E-state index in [-0.39, 0.29) is 23.4 Å². The number of nitrogens with zero attached hydrogens (tertiary/aromatic N) is 5. The number of rotatable bonds is 3. The minimum Gasteiger partial charge on any atom is -0.332 e. The summed E-state index contributed by atoms with van der Waals surface area (Å²) in [5, 5.41) is 8.30. The Kier molecular flexibility index (Phi) is 4.43. The molecular weight excluding hydrogens is 376 g/mol. The zero-order valence-corrected chi connectivity index (χ0v) is 15.2. The Bertz CT molecular complexity index is 1020. The molecule has 9 heteroatoms. The first-order chi connectivity index (χ1) is 12.9. The first kappa shape index (κ1) is 17.7. The van der Waals surface area contributed by atoms with Crippen LogP contribution in [-0.4, -0.2) is 36.4 Å². The molecule has 0 aliphatic carbocycles. The molecule has 27 heavy (non-hydrogen) atoms. The summed E-state index contributed by atoms with van der Waals surface area (Å²) in [6.45, 7) is 2.79. The van der Waals surface area contributed by atoms with Crippen molar-refractivity contribution in [2.45, 2.75) is 32.5 Å². The van der Waals surface area contributed by atoms with E-state index in [1.807, 2.05) is 6.92 Å². The Labute approximate surface area is 158 Å². The van der Waals surface area contributed by atoms with Crippen molar-refractivity contribution in [1.29, 1.82) is 0 Å². The maximum atomic E-state index is 13.3. The summed E-state index contributed by atoms with van der Waals surface area (Å²) in [5.41, 5.74) is 2.06. The molecule has 1 aliphatic rings. The monoisotopic (exact) mass is 391 g/mol. The number of fused-ring (bicyclic) bond motifs is 1. The maximum Gasteiger partial charge on any atom is 0.227 e. The fraction of sp³-hybridized carbons (Fsp3) is 0.278. The Morgan fingerprint density at radius 3 is 2.81 bits per heavy atom. The Morgan fingerprint density at radius 1 is 1.30 bits per heavy atom. The highest BCUT2D eigenvalue weighted by Crippen LogP contribution is 2.24. The summed E-state index contributed by atoms with van der Waals surface area (Å²) < 4.78 is 29.8. The second-order valence-electron chi connectivity index (χ2n) is 6.56. The first-order valence-corrected chi connectivity index (χ1v) is 8.79. The van der Waals surface area contributed by atoms with Crippen LogP contribution >= 0.6 is 11.6 Å². The lowest BCUT2D eigenvalue weighted by Gasteiger charge is -2.34. The van der Waals surface area contributed by atoms with Gasteiger partial charge < -0.3 is 4.90 Å². The van der Waals surface area contributed by atoms with Crippen LogP contribution in [0.1, 0.15) is 18.2 Å². The highest BCUT2D eigenvalue weighted by molar-refractivity contribution is 6.30. The van der Waals surface area contributed by atoms with E-state index in [0.29, 0.717) is 24.3 Å². The van der Waals surface area contributed by atoms with Crippen LogP contribution in [0, 0.1) is 11.6 Å². The largest absolute Gasteiger partial charge is 0.332 e. The lowest BCUT2D eigenvalue weighted by atomic mass is 10.1. The van der Waals surface area contributed by atoms with Gasteiger partial charge in [-0.2, -0.15) is 10.2 Å². The molecule has 4 rings (SSSR count). The van der Waals surface area contributed by atoms with Crippen molar-refractivity contribution in [3.8, 4) is 5.69 Å². The van der Waals surface area contributed by atoms with Crippen molar-refractivity contribution in [1.82, 2.24) is 24.5 Å². The summed E-state index contributed by atoms with van der Waals surface area (Å²) in [7, 11) is 0. The average molecular weight is 392 g/mol. The van der Waals surface area contributed by atoms with Gasteiger partial charge in [-0.25, -0.2) is 13.5 Å². The van der Waals surface area contributed by atoms with Gasteiger partial charge in [0.2, 0.25) is 5.91 Å². The molecule has 2 aromatic heterocycles. The quantitative estimate of drug-likeness (QED) is 0.689. The van der Waals surface area contributed by atoms with Gasteiger partial charge in [0.05, 0.1) is 48.8 Å². The van der Waals surface area contributed by atoms with Gasteiger partial charge in [-0.1, -0.05) is 17.7 Å². The van der Waals surface area contributed by atoms with E-state index in [2.05, 4.69) is 10.2 Å². The number of benzene rings is 1. The van der Waals surface area contributed by atoms with Gasteiger partial charge in [-0.3, -0.25) is 9.48 Å². The molecule has 1 aliphatic heterocycles. The van der Waals surface area contributed by atoms with E-state index >= 15 is 0 Å². The van der Waals surface area contributed by atoms with E-state index in [1.165, 1.54) is 23.0 Å². The van der Waals surface area contributed by atoms with Gasteiger partial charge in [0.15, 0.2) is 5.82 Å². The van der Waals surface area contributed by atoms with Crippen LogP contribution in [0.3, 0.4) is 0 Å². The minimum absolute atomic E-state index is 0.00642. The SMILES string of the molecule is CC1Cn2ncc(-n3cc(F)cn3)c2CN1C(=O)Cc1ccc(F)c(Cl)c1. The number of amides is 1. The molecule has 140 valence electrons. The number of aromatic nitrogens is 4. The zero-order valence-electron chi connectivity index (χ0n) is 14.4. The third-order valence-corrected chi connectivity index (χ3v) is 4.96. The number of halogens is 3. The van der Waals surface area contributed by atoms with Crippen LogP contribution in [-0.2, 0) is 24.3 Å². The first-order valence-electron chi connectivity index (χ1n) is 8.41. The van der Waals surface area contributed by atoms with Crippen LogP contribution in [0.2, 0.25) is 5.02 Å². The van der Waals surface area contributed by atoms with Gasteiger partial charge in [-0.05, 0) is 24.6 Å². The van der Waals surface area contributed by atoms with E-state index < -0.39 is 11.6 Å². The van der Waals surface area contributed by atoms with E-state index in [9.17, 15) is 13.6 Å². The molecule has 1 atom stereocenters. The minimum atomic E-state index is -0.515. The van der Waals surface area contributed by atoms with Crippen molar-refractivity contribution in [2.24, 2.45) is 0 Å². The maximum absolute atomic E-state index is 13.3. The molecule has 3 aromatic rings. The summed E-state index contributed by atoms with van der Waals surface area (Å²) in [6, 6.07) is 4.20. The molecule has 1 unspecified atom stereocenters. The fourth-order valence-corrected chi connectivity index (χ4v) is 3.47. The van der Waals surface area contributed by atoms with E-state index in [0.717, 1.165) is 11.9 Å². The van der Waals surface area contributed by atoms with Crippen LogP contribution in [0.4, 0.5) is 8.78 Å². The van der Waals surface area contributed by atoms with Crippen molar-refractivity contribution >= 4 is 17.5 Å². The number of hydrogen-bond acceptors (Lipinski definition) is 3. The Morgan fingerprint density at radius 2 is 2.11 bits per heavy atom. The molecule has 0 saturated carbocycles. The van der Waals surface area contributed by atoms with E-state index in [4.69, 9.17) is 11.6 Å².